The molecular formula is C16H20F2N2O3. The molecule has 3 rings (SSSR count). The van der Waals surface area contributed by atoms with Gasteiger partial charge in [-0.15, -0.1) is 0 Å². The molecule has 2 aliphatic heterocycles. The maximum absolute atomic E-state index is 14.3. The highest BCUT2D eigenvalue weighted by Gasteiger charge is 2.57. The normalized spacial score (nSPS) is 27.0. The minimum atomic E-state index is -3.06. The Morgan fingerprint density at radius 1 is 1.39 bits per heavy atom. The molecule has 0 aliphatic carbocycles. The first-order chi connectivity index (χ1) is 10.8. The van der Waals surface area contributed by atoms with Gasteiger partial charge in [0, 0.05) is 26.1 Å². The van der Waals surface area contributed by atoms with Gasteiger partial charge >= 0.3 is 0 Å². The number of amides is 2. The quantitative estimate of drug-likeness (QED) is 0.838. The van der Waals surface area contributed by atoms with Gasteiger partial charge in [-0.3, -0.25) is 9.59 Å². The van der Waals surface area contributed by atoms with E-state index in [1.165, 1.54) is 12.3 Å². The van der Waals surface area contributed by atoms with Gasteiger partial charge in [-0.25, -0.2) is 8.78 Å². The topological polar surface area (TPSA) is 53.8 Å². The highest BCUT2D eigenvalue weighted by molar-refractivity contribution is 5.96. The summed E-state index contributed by atoms with van der Waals surface area (Å²) in [7, 11) is 0. The van der Waals surface area contributed by atoms with Crippen LogP contribution in [-0.4, -0.2) is 53.7 Å². The largest absolute Gasteiger partial charge is 0.469 e. The Kier molecular flexibility index (Phi) is 3.69. The van der Waals surface area contributed by atoms with Crippen molar-refractivity contribution < 1.29 is 22.8 Å². The lowest BCUT2D eigenvalue weighted by Crippen LogP contribution is -2.57. The van der Waals surface area contributed by atoms with E-state index in [1.54, 1.807) is 11.8 Å². The summed E-state index contributed by atoms with van der Waals surface area (Å²) in [5, 5.41) is 0. The molecule has 0 unspecified atom stereocenters. The van der Waals surface area contributed by atoms with Crippen LogP contribution in [0.4, 0.5) is 8.78 Å². The van der Waals surface area contributed by atoms with Gasteiger partial charge in [0.05, 0.1) is 23.8 Å². The predicted octanol–water partition coefficient (Wildman–Crippen LogP) is 2.31. The number of hydrogen-bond acceptors (Lipinski definition) is 3. The Morgan fingerprint density at radius 2 is 2.13 bits per heavy atom. The first-order valence-corrected chi connectivity index (χ1v) is 7.79. The molecule has 0 bridgehead atoms. The van der Waals surface area contributed by atoms with Crippen molar-refractivity contribution in [3.05, 3.63) is 23.7 Å². The van der Waals surface area contributed by atoms with Crippen LogP contribution >= 0.6 is 0 Å². The second-order valence-corrected chi connectivity index (χ2v) is 6.50. The summed E-state index contributed by atoms with van der Waals surface area (Å²) in [6.07, 6.45) is 1.24. The molecule has 2 saturated heterocycles. The van der Waals surface area contributed by atoms with E-state index >= 15 is 0 Å². The number of halogens is 2. The van der Waals surface area contributed by atoms with E-state index in [-0.39, 0.29) is 18.0 Å². The lowest BCUT2D eigenvalue weighted by Gasteiger charge is -2.42. The molecule has 0 radical (unpaired) electrons. The number of carbonyl (C=O) groups is 2. The van der Waals surface area contributed by atoms with Crippen LogP contribution in [0.2, 0.25) is 0 Å². The standard InChI is InChI=1S/C16H20F2N2O3/c1-3-19-6-5-15(14(19)22)8-16(17,18)10-20(9-15)13(21)12-4-7-23-11(12)2/h4,7H,3,5-6,8-10H2,1-2H3/t15-/m0/s1. The van der Waals surface area contributed by atoms with Crippen molar-refractivity contribution in [2.24, 2.45) is 5.41 Å². The number of aryl methyl sites for hydroxylation is 1. The number of rotatable bonds is 2. The second kappa shape index (κ2) is 5.32. The van der Waals surface area contributed by atoms with Crippen LogP contribution in [0.1, 0.15) is 35.9 Å². The molecule has 2 amide bonds. The first-order valence-electron chi connectivity index (χ1n) is 7.79. The maximum Gasteiger partial charge on any atom is 0.266 e. The van der Waals surface area contributed by atoms with E-state index in [4.69, 9.17) is 4.42 Å². The number of likely N-dealkylation sites (tertiary alicyclic amines) is 2. The lowest BCUT2D eigenvalue weighted by molar-refractivity contribution is -0.151. The molecule has 1 atom stereocenters. The molecule has 1 aromatic heterocycles. The molecule has 2 aliphatic rings. The van der Waals surface area contributed by atoms with E-state index in [2.05, 4.69) is 0 Å². The number of piperidine rings is 1. The van der Waals surface area contributed by atoms with Gasteiger partial charge in [0.1, 0.15) is 5.76 Å². The summed E-state index contributed by atoms with van der Waals surface area (Å²) in [4.78, 5) is 27.8. The average molecular weight is 326 g/mol. The monoisotopic (exact) mass is 326 g/mol. The number of furan rings is 1. The summed E-state index contributed by atoms with van der Waals surface area (Å²) in [5.41, 5.74) is -0.888. The number of carbonyl (C=O) groups excluding carboxylic acids is 2. The van der Waals surface area contributed by atoms with Crippen molar-refractivity contribution >= 4 is 11.8 Å². The minimum absolute atomic E-state index is 0.0430. The molecular weight excluding hydrogens is 306 g/mol. The van der Waals surface area contributed by atoms with Gasteiger partial charge in [-0.2, -0.15) is 0 Å². The summed E-state index contributed by atoms with van der Waals surface area (Å²) in [6, 6.07) is 1.48. The molecule has 0 saturated carbocycles. The van der Waals surface area contributed by atoms with Crippen molar-refractivity contribution in [2.45, 2.75) is 32.6 Å². The van der Waals surface area contributed by atoms with Crippen LogP contribution in [0.5, 0.6) is 0 Å². The molecule has 23 heavy (non-hydrogen) atoms. The third-order valence-corrected chi connectivity index (χ3v) is 4.87. The fourth-order valence-corrected chi connectivity index (χ4v) is 3.73. The van der Waals surface area contributed by atoms with E-state index < -0.39 is 30.2 Å². The molecule has 126 valence electrons. The van der Waals surface area contributed by atoms with Crippen LogP contribution in [0.3, 0.4) is 0 Å². The van der Waals surface area contributed by atoms with Gasteiger partial charge in [0.25, 0.3) is 11.8 Å². The SMILES string of the molecule is CCN1CC[C@]2(CN(C(=O)c3ccoc3C)CC(F)(F)C2)C1=O. The smallest absolute Gasteiger partial charge is 0.266 e. The Balaban J connectivity index is 1.90. The molecule has 3 heterocycles. The Bertz CT molecular complexity index is 643. The van der Waals surface area contributed by atoms with Crippen molar-refractivity contribution in [1.29, 1.82) is 0 Å². The van der Waals surface area contributed by atoms with Crippen LogP contribution in [0.15, 0.2) is 16.7 Å². The third kappa shape index (κ3) is 2.62. The lowest BCUT2D eigenvalue weighted by atomic mass is 9.76. The van der Waals surface area contributed by atoms with Crippen molar-refractivity contribution in [1.82, 2.24) is 9.80 Å². The minimum Gasteiger partial charge on any atom is -0.469 e. The molecule has 5 nitrogen and oxygen atoms in total. The van der Waals surface area contributed by atoms with E-state index in [1.807, 2.05) is 6.92 Å². The van der Waals surface area contributed by atoms with E-state index in [9.17, 15) is 18.4 Å². The molecule has 0 N–H and O–H groups in total. The van der Waals surface area contributed by atoms with Gasteiger partial charge < -0.3 is 14.2 Å². The Labute approximate surface area is 133 Å². The fraction of sp³-hybridized carbons (Fsp3) is 0.625. The van der Waals surface area contributed by atoms with Gasteiger partial charge in [0.2, 0.25) is 5.91 Å². The van der Waals surface area contributed by atoms with Gasteiger partial charge in [-0.1, -0.05) is 0 Å². The van der Waals surface area contributed by atoms with Crippen molar-refractivity contribution in [2.75, 3.05) is 26.2 Å². The van der Waals surface area contributed by atoms with Crippen LogP contribution in [0, 0.1) is 12.3 Å². The second-order valence-electron chi connectivity index (χ2n) is 6.50. The van der Waals surface area contributed by atoms with Crippen LogP contribution in [-0.2, 0) is 4.79 Å². The van der Waals surface area contributed by atoms with Gasteiger partial charge in [0.15, 0.2) is 0 Å². The summed E-state index contributed by atoms with van der Waals surface area (Å²) in [5.74, 6) is -3.44. The molecule has 1 aromatic rings. The average Bonchev–Trinajstić information content (AvgIpc) is 3.02. The van der Waals surface area contributed by atoms with Crippen molar-refractivity contribution in [3.8, 4) is 0 Å². The third-order valence-electron chi connectivity index (χ3n) is 4.87. The maximum atomic E-state index is 14.3. The Morgan fingerprint density at radius 3 is 2.70 bits per heavy atom. The summed E-state index contributed by atoms with van der Waals surface area (Å²) >= 11 is 0. The van der Waals surface area contributed by atoms with E-state index in [0.717, 1.165) is 4.90 Å². The van der Waals surface area contributed by atoms with Crippen LogP contribution in [0.25, 0.3) is 0 Å². The summed E-state index contributed by atoms with van der Waals surface area (Å²) in [6.45, 7) is 3.80. The van der Waals surface area contributed by atoms with Crippen molar-refractivity contribution in [3.63, 3.8) is 0 Å². The molecule has 7 heteroatoms. The molecule has 2 fully saturated rings. The first kappa shape index (κ1) is 16.0. The van der Waals surface area contributed by atoms with E-state index in [0.29, 0.717) is 25.3 Å². The van der Waals surface area contributed by atoms with Gasteiger partial charge in [-0.05, 0) is 26.3 Å². The Hall–Kier alpha value is -1.92. The van der Waals surface area contributed by atoms with Crippen LogP contribution < -0.4 is 0 Å². The zero-order valence-electron chi connectivity index (χ0n) is 13.3. The predicted molar refractivity (Wildman–Crippen MR) is 78.2 cm³/mol. The molecule has 0 aromatic carbocycles. The summed E-state index contributed by atoms with van der Waals surface area (Å²) < 4.78 is 33.6. The number of hydrogen-bond donors (Lipinski definition) is 0. The number of nitrogens with zero attached hydrogens (tertiary/aromatic N) is 2. The fourth-order valence-electron chi connectivity index (χ4n) is 3.73. The number of alkyl halides is 2. The zero-order chi connectivity index (χ0) is 16.8. The highest BCUT2D eigenvalue weighted by Crippen LogP contribution is 2.45. The zero-order valence-corrected chi connectivity index (χ0v) is 13.3. The molecule has 1 spiro atoms. The highest BCUT2D eigenvalue weighted by atomic mass is 19.3.